The van der Waals surface area contributed by atoms with Crippen LogP contribution in [0.2, 0.25) is 0 Å². The van der Waals surface area contributed by atoms with Gasteiger partial charge in [0.05, 0.1) is 56.2 Å². The van der Waals surface area contributed by atoms with Crippen LogP contribution in [0, 0.1) is 10.8 Å². The number of aromatic amines is 2. The molecule has 8 bridgehead atoms. The lowest BCUT2D eigenvalue weighted by Crippen LogP contribution is -2.51. The van der Waals surface area contributed by atoms with Crippen molar-refractivity contribution in [3.63, 3.8) is 0 Å². The Balaban J connectivity index is 2.02. The van der Waals surface area contributed by atoms with Crippen molar-refractivity contribution in [1.82, 2.24) is 29.9 Å². The topological polar surface area (TPSA) is 286 Å². The zero-order valence-electron chi connectivity index (χ0n) is 19.0. The van der Waals surface area contributed by atoms with Gasteiger partial charge >= 0.3 is 0 Å². The number of hydrogen-bond acceptors (Lipinski definition) is 10. The Bertz CT molecular complexity index is 1470. The summed E-state index contributed by atoms with van der Waals surface area (Å²) in [5.74, 6) is 0.773. The van der Waals surface area contributed by atoms with E-state index in [0.29, 0.717) is 50.7 Å². The Labute approximate surface area is 202 Å². The Morgan fingerprint density at radius 1 is 0.611 bits per heavy atom. The quantitative estimate of drug-likeness (QED) is 0.159. The lowest BCUT2D eigenvalue weighted by Gasteiger charge is -2.11. The van der Waals surface area contributed by atoms with Crippen LogP contribution < -0.4 is 33.8 Å². The molecule has 0 unspecified atom stereocenters. The predicted octanol–water partition coefficient (Wildman–Crippen LogP) is -1.99. The Morgan fingerprint density at radius 2 is 1.17 bits per heavy atom. The molecular formula is C22H24N14+2. The molecule has 14 heteroatoms. The maximum atomic E-state index is 8.34. The summed E-state index contributed by atoms with van der Waals surface area (Å²) in [7, 11) is 0. The standard InChI is InChI=1S/C22H22N14/c23-7-1-8(24)16-5-15(7)31-19-11(27)3-13(29)21(35-19)33-17-6-18(10(26)2-9(17)25)34-22-14(30)4-12(28)20(32-16)36-22/h1-2,5-6,27-30H,3-4,23-26H2,(H,31,33,35)(H,32,34,36)/p+2. The van der Waals surface area contributed by atoms with Gasteiger partial charge in [0.25, 0.3) is 0 Å². The first-order valence-electron chi connectivity index (χ1n) is 10.7. The lowest BCUT2D eigenvalue weighted by atomic mass is 10.1. The molecule has 0 aliphatic carbocycles. The zero-order chi connectivity index (χ0) is 25.7. The number of fused-ring (bicyclic) bond motifs is 8. The van der Waals surface area contributed by atoms with Crippen LogP contribution >= 0.6 is 0 Å². The van der Waals surface area contributed by atoms with Gasteiger partial charge in [-0.2, -0.15) is 4.98 Å². The van der Waals surface area contributed by atoms with E-state index in [2.05, 4.69) is 29.9 Å². The van der Waals surface area contributed by atoms with Gasteiger partial charge in [0, 0.05) is 6.42 Å². The second kappa shape index (κ2) is 8.12. The molecule has 180 valence electrons. The van der Waals surface area contributed by atoms with Crippen LogP contribution in [0.25, 0.3) is 22.1 Å². The van der Waals surface area contributed by atoms with Crippen molar-refractivity contribution in [2.45, 2.75) is 12.8 Å². The molecule has 16 N–H and O–H groups in total. The zero-order valence-corrected chi connectivity index (χ0v) is 19.0. The highest BCUT2D eigenvalue weighted by Gasteiger charge is 2.26. The highest BCUT2D eigenvalue weighted by Crippen LogP contribution is 2.23. The number of nitrogens with one attached hydrogen (secondary N) is 4. The summed E-state index contributed by atoms with van der Waals surface area (Å²) in [4.78, 5) is 24.1. The van der Waals surface area contributed by atoms with Crippen LogP contribution in [0.3, 0.4) is 0 Å². The van der Waals surface area contributed by atoms with Gasteiger partial charge in [-0.25, -0.2) is 15.0 Å². The first-order chi connectivity index (χ1) is 17.1. The molecular weight excluding hydrogens is 460 g/mol. The van der Waals surface area contributed by atoms with E-state index in [1.54, 1.807) is 18.2 Å². The minimum atomic E-state index is 0.00246. The largest absolute Gasteiger partial charge is 0.397 e. The molecule has 1 aromatic heterocycles. The fourth-order valence-electron chi connectivity index (χ4n) is 3.74. The summed E-state index contributed by atoms with van der Waals surface area (Å²) in [5, 5.41) is 29.1. The SMILES string of the molecule is N=C1CC(=N)c2nc1nc1cc(nc3nc([nH]c4cc([nH]2)c(N)cc4N)C(=[NH2+])CC3=[NH2+])c(N)cc1N. The third-order valence-electron chi connectivity index (χ3n) is 5.67. The van der Waals surface area contributed by atoms with Crippen LogP contribution in [-0.4, -0.2) is 52.8 Å². The van der Waals surface area contributed by atoms with E-state index >= 15 is 0 Å². The summed E-state index contributed by atoms with van der Waals surface area (Å²) < 4.78 is 0. The summed E-state index contributed by atoms with van der Waals surface area (Å²) in [5.41, 5.74) is 28.3. The molecule has 5 rings (SSSR count). The van der Waals surface area contributed by atoms with Crippen LogP contribution in [-0.2, 0) is 0 Å². The molecule has 14 nitrogen and oxygen atoms in total. The number of nitrogen functional groups attached to an aromatic ring is 4. The Kier molecular flexibility index (Phi) is 5.05. The van der Waals surface area contributed by atoms with E-state index in [1.807, 2.05) is 0 Å². The Hall–Kier alpha value is -5.40. The van der Waals surface area contributed by atoms with E-state index < -0.39 is 0 Å². The number of H-pyrrole nitrogens is 2. The smallest absolute Gasteiger partial charge is 0.228 e. The van der Waals surface area contributed by atoms with E-state index in [1.165, 1.54) is 6.07 Å². The second-order valence-electron chi connectivity index (χ2n) is 8.40. The van der Waals surface area contributed by atoms with Gasteiger partial charge in [-0.3, -0.25) is 10.8 Å². The number of nitrogens with two attached hydrogens (primary N) is 6. The van der Waals surface area contributed by atoms with Crippen molar-refractivity contribution in [3.8, 4) is 0 Å². The molecule has 3 aromatic rings. The van der Waals surface area contributed by atoms with Crippen molar-refractivity contribution >= 4 is 67.7 Å². The molecule has 0 fully saturated rings. The summed E-state index contributed by atoms with van der Waals surface area (Å²) in [6.07, 6.45) is 0.211. The summed E-state index contributed by atoms with van der Waals surface area (Å²) >= 11 is 0. The second-order valence-corrected chi connectivity index (χ2v) is 8.40. The summed E-state index contributed by atoms with van der Waals surface area (Å²) in [6.45, 7) is 0. The van der Waals surface area contributed by atoms with Crippen molar-refractivity contribution in [1.29, 1.82) is 10.8 Å². The third kappa shape index (κ3) is 3.91. The number of rotatable bonds is 0. The minimum Gasteiger partial charge on any atom is -0.397 e. The van der Waals surface area contributed by atoms with Crippen molar-refractivity contribution in [2.24, 2.45) is 0 Å². The molecule has 0 saturated carbocycles. The molecule has 0 amide bonds. The molecule has 2 aliphatic rings. The highest BCUT2D eigenvalue weighted by atomic mass is 15.0. The number of nitrogens with zero attached hydrogens (tertiary/aromatic N) is 4. The van der Waals surface area contributed by atoms with Gasteiger partial charge in [-0.05, 0) is 24.3 Å². The maximum absolute atomic E-state index is 8.34. The van der Waals surface area contributed by atoms with E-state index in [9.17, 15) is 0 Å². The van der Waals surface area contributed by atoms with Gasteiger partial charge in [-0.15, -0.1) is 0 Å². The third-order valence-corrected chi connectivity index (χ3v) is 5.67. The average molecular weight is 485 g/mol. The first kappa shape index (κ1) is 22.4. The van der Waals surface area contributed by atoms with E-state index in [4.69, 9.17) is 44.6 Å². The van der Waals surface area contributed by atoms with Gasteiger partial charge in [0.1, 0.15) is 6.42 Å². The predicted molar refractivity (Wildman–Crippen MR) is 138 cm³/mol. The molecule has 0 atom stereocenters. The van der Waals surface area contributed by atoms with Crippen LogP contribution in [0.4, 0.5) is 22.7 Å². The monoisotopic (exact) mass is 484 g/mol. The van der Waals surface area contributed by atoms with Gasteiger partial charge in [-0.1, -0.05) is 0 Å². The molecule has 36 heavy (non-hydrogen) atoms. The number of hydrogen-bond donors (Lipinski definition) is 10. The summed E-state index contributed by atoms with van der Waals surface area (Å²) in [6, 6.07) is 6.27. The van der Waals surface area contributed by atoms with E-state index in [0.717, 1.165) is 0 Å². The average Bonchev–Trinajstić information content (AvgIpc) is 2.79. The number of aromatic nitrogens is 6. The highest BCUT2D eigenvalue weighted by molar-refractivity contribution is 6.16. The number of anilines is 4. The Morgan fingerprint density at radius 3 is 1.83 bits per heavy atom. The van der Waals surface area contributed by atoms with Crippen LogP contribution in [0.5, 0.6) is 0 Å². The van der Waals surface area contributed by atoms with Crippen LogP contribution in [0.15, 0.2) is 24.3 Å². The molecule has 0 saturated heterocycles. The normalized spacial score (nSPS) is 14.0. The van der Waals surface area contributed by atoms with Crippen molar-refractivity contribution in [3.05, 3.63) is 47.6 Å². The molecule has 0 radical (unpaired) electrons. The fraction of sp³-hybridized carbons (Fsp3) is 0.0909. The van der Waals surface area contributed by atoms with Gasteiger partial charge < -0.3 is 43.7 Å². The fourth-order valence-corrected chi connectivity index (χ4v) is 3.74. The maximum Gasteiger partial charge on any atom is 0.228 e. The molecule has 2 aromatic carbocycles. The minimum absolute atomic E-state index is 0.00246. The number of benzene rings is 2. The molecule has 3 heterocycles. The van der Waals surface area contributed by atoms with Crippen molar-refractivity contribution in [2.75, 3.05) is 22.9 Å². The van der Waals surface area contributed by atoms with Gasteiger partial charge in [0.2, 0.25) is 23.1 Å². The van der Waals surface area contributed by atoms with E-state index in [-0.39, 0.29) is 53.1 Å². The first-order valence-corrected chi connectivity index (χ1v) is 10.7. The van der Waals surface area contributed by atoms with Crippen molar-refractivity contribution < 1.29 is 10.8 Å². The molecule has 2 aliphatic heterocycles. The van der Waals surface area contributed by atoms with Gasteiger partial charge in [0.15, 0.2) is 11.6 Å². The lowest BCUT2D eigenvalue weighted by molar-refractivity contribution is -0.124. The molecule has 0 spiro atoms. The van der Waals surface area contributed by atoms with Crippen LogP contribution in [0.1, 0.15) is 36.1 Å².